The summed E-state index contributed by atoms with van der Waals surface area (Å²) in [6.07, 6.45) is 0. The third-order valence-electron chi connectivity index (χ3n) is 4.01. The van der Waals surface area contributed by atoms with Crippen molar-refractivity contribution in [2.24, 2.45) is 9.81 Å². The molecule has 120 valence electrons. The van der Waals surface area contributed by atoms with Crippen molar-refractivity contribution in [1.82, 2.24) is 0 Å². The Morgan fingerprint density at radius 1 is 1.00 bits per heavy atom. The van der Waals surface area contributed by atoms with Gasteiger partial charge in [-0.1, -0.05) is 49.7 Å². The number of amidine groups is 1. The van der Waals surface area contributed by atoms with Gasteiger partial charge in [-0.25, -0.2) is 0 Å². The molecule has 1 fully saturated rings. The van der Waals surface area contributed by atoms with Crippen LogP contribution in [0.3, 0.4) is 0 Å². The minimum Gasteiger partial charge on any atom is -0.328 e. The molecule has 5 heteroatoms. The minimum absolute atomic E-state index is 0.228. The summed E-state index contributed by atoms with van der Waals surface area (Å²) in [4.78, 5) is 2.18. The van der Waals surface area contributed by atoms with Crippen LogP contribution in [0.2, 0.25) is 0 Å². The molecule has 1 heterocycles. The van der Waals surface area contributed by atoms with E-state index in [2.05, 4.69) is 4.40 Å². The molecular weight excluding hydrogens is 308 g/mol. The van der Waals surface area contributed by atoms with Crippen LogP contribution in [0.5, 0.6) is 0 Å². The van der Waals surface area contributed by atoms with Gasteiger partial charge >= 0.3 is 0 Å². The summed E-state index contributed by atoms with van der Waals surface area (Å²) in [6, 6.07) is 16.5. The van der Waals surface area contributed by atoms with Crippen LogP contribution in [0, 0.1) is 12.3 Å². The van der Waals surface area contributed by atoms with E-state index in [4.69, 9.17) is 0 Å². The van der Waals surface area contributed by atoms with Gasteiger partial charge in [0.05, 0.1) is 4.90 Å². The van der Waals surface area contributed by atoms with Gasteiger partial charge in [0.15, 0.2) is 0 Å². The predicted octanol–water partition coefficient (Wildman–Crippen LogP) is 3.63. The molecule has 1 saturated heterocycles. The summed E-state index contributed by atoms with van der Waals surface area (Å²) in [7, 11) is -3.70. The lowest BCUT2D eigenvalue weighted by atomic mass is 9.82. The van der Waals surface area contributed by atoms with Crippen molar-refractivity contribution >= 4 is 21.5 Å². The van der Waals surface area contributed by atoms with E-state index >= 15 is 0 Å². The van der Waals surface area contributed by atoms with Crippen LogP contribution in [-0.4, -0.2) is 20.8 Å². The number of rotatable bonds is 3. The van der Waals surface area contributed by atoms with Crippen molar-refractivity contribution < 1.29 is 8.42 Å². The first-order chi connectivity index (χ1) is 10.8. The van der Waals surface area contributed by atoms with Crippen LogP contribution in [0.1, 0.15) is 19.4 Å². The molecule has 23 heavy (non-hydrogen) atoms. The van der Waals surface area contributed by atoms with E-state index in [1.165, 1.54) is 0 Å². The Balaban J connectivity index is 2.00. The van der Waals surface area contributed by atoms with Gasteiger partial charge < -0.3 is 4.90 Å². The second kappa shape index (κ2) is 5.49. The van der Waals surface area contributed by atoms with Crippen LogP contribution < -0.4 is 4.90 Å². The molecule has 2 aromatic carbocycles. The molecule has 0 spiro atoms. The molecule has 0 bridgehead atoms. The lowest BCUT2D eigenvalue weighted by Crippen LogP contribution is -2.59. The zero-order valence-electron chi connectivity index (χ0n) is 13.5. The van der Waals surface area contributed by atoms with Crippen LogP contribution in [-0.2, 0) is 10.0 Å². The summed E-state index contributed by atoms with van der Waals surface area (Å²) in [5, 5.41) is 0. The summed E-state index contributed by atoms with van der Waals surface area (Å²) in [6.45, 7) is 6.69. The highest BCUT2D eigenvalue weighted by molar-refractivity contribution is 7.90. The fraction of sp³-hybridized carbons (Fsp3) is 0.278. The first-order valence-corrected chi connectivity index (χ1v) is 8.98. The maximum absolute atomic E-state index is 12.6. The molecule has 2 aromatic rings. The zero-order chi connectivity index (χ0) is 16.7. The Morgan fingerprint density at radius 2 is 1.61 bits per heavy atom. The highest BCUT2D eigenvalue weighted by atomic mass is 32.2. The van der Waals surface area contributed by atoms with Crippen LogP contribution in [0.25, 0.3) is 0 Å². The lowest BCUT2D eigenvalue weighted by Gasteiger charge is -2.48. The number of hydrogen-bond donors (Lipinski definition) is 0. The number of benzene rings is 2. The Morgan fingerprint density at radius 3 is 2.17 bits per heavy atom. The second-order valence-electron chi connectivity index (χ2n) is 6.51. The molecule has 0 radical (unpaired) electrons. The first kappa shape index (κ1) is 15.7. The molecule has 0 unspecified atom stereocenters. The van der Waals surface area contributed by atoms with Crippen molar-refractivity contribution in [2.45, 2.75) is 25.7 Å². The summed E-state index contributed by atoms with van der Waals surface area (Å²) >= 11 is 0. The second-order valence-corrected chi connectivity index (χ2v) is 8.11. The Bertz CT molecular complexity index is 838. The van der Waals surface area contributed by atoms with Gasteiger partial charge in [0.25, 0.3) is 10.0 Å². The van der Waals surface area contributed by atoms with Gasteiger partial charge in [-0.3, -0.25) is 0 Å². The predicted molar refractivity (Wildman–Crippen MR) is 93.4 cm³/mol. The molecule has 4 nitrogen and oxygen atoms in total. The molecule has 0 saturated carbocycles. The third-order valence-corrected chi connectivity index (χ3v) is 5.29. The van der Waals surface area contributed by atoms with E-state index in [-0.39, 0.29) is 10.3 Å². The van der Waals surface area contributed by atoms with E-state index in [0.717, 1.165) is 17.8 Å². The Hall–Kier alpha value is -2.14. The van der Waals surface area contributed by atoms with E-state index in [1.807, 2.05) is 56.0 Å². The van der Waals surface area contributed by atoms with Gasteiger partial charge in [0.1, 0.15) is 5.84 Å². The SMILES string of the molecule is Cc1ccc(S(=O)(=O)/N=C2/N(c3ccccc3)CC2(C)C)cc1. The summed E-state index contributed by atoms with van der Waals surface area (Å²) < 4.78 is 29.3. The molecule has 1 aliphatic rings. The summed E-state index contributed by atoms with van der Waals surface area (Å²) in [5.41, 5.74) is 1.73. The number of para-hydroxylation sites is 1. The van der Waals surface area contributed by atoms with Crippen molar-refractivity contribution in [3.63, 3.8) is 0 Å². The summed E-state index contributed by atoms with van der Waals surface area (Å²) in [5.74, 6) is 0.587. The van der Waals surface area contributed by atoms with Crippen molar-refractivity contribution in [3.8, 4) is 0 Å². The van der Waals surface area contributed by atoms with Crippen LogP contribution in [0.4, 0.5) is 5.69 Å². The smallest absolute Gasteiger partial charge is 0.283 e. The molecular formula is C18H20N2O2S. The monoisotopic (exact) mass is 328 g/mol. The topological polar surface area (TPSA) is 49.7 Å². The fourth-order valence-corrected chi connectivity index (χ4v) is 3.84. The average Bonchev–Trinajstić information content (AvgIpc) is 2.52. The normalized spacial score (nSPS) is 18.7. The Labute approximate surface area is 137 Å². The van der Waals surface area contributed by atoms with Gasteiger partial charge in [0.2, 0.25) is 0 Å². The maximum atomic E-state index is 12.6. The highest BCUT2D eigenvalue weighted by Crippen LogP contribution is 2.37. The molecule has 0 amide bonds. The quantitative estimate of drug-likeness (QED) is 0.864. The third kappa shape index (κ3) is 3.01. The van der Waals surface area contributed by atoms with E-state index in [1.54, 1.807) is 24.3 Å². The fourth-order valence-electron chi connectivity index (χ4n) is 2.69. The molecule has 0 aliphatic carbocycles. The Kier molecular flexibility index (Phi) is 3.76. The lowest BCUT2D eigenvalue weighted by molar-refractivity contribution is 0.458. The first-order valence-electron chi connectivity index (χ1n) is 7.54. The van der Waals surface area contributed by atoms with E-state index in [9.17, 15) is 8.42 Å². The van der Waals surface area contributed by atoms with Gasteiger partial charge in [-0.2, -0.15) is 8.42 Å². The number of hydrogen-bond acceptors (Lipinski definition) is 2. The number of sulfonamides is 1. The zero-order valence-corrected chi connectivity index (χ0v) is 14.3. The van der Waals surface area contributed by atoms with E-state index < -0.39 is 10.0 Å². The number of anilines is 1. The van der Waals surface area contributed by atoms with Gasteiger partial charge in [-0.15, -0.1) is 4.40 Å². The molecule has 1 aliphatic heterocycles. The minimum atomic E-state index is -3.70. The van der Waals surface area contributed by atoms with Crippen LogP contribution in [0.15, 0.2) is 63.9 Å². The van der Waals surface area contributed by atoms with Crippen molar-refractivity contribution in [1.29, 1.82) is 0 Å². The maximum Gasteiger partial charge on any atom is 0.283 e. The van der Waals surface area contributed by atoms with Crippen molar-refractivity contribution in [2.75, 3.05) is 11.4 Å². The largest absolute Gasteiger partial charge is 0.328 e. The van der Waals surface area contributed by atoms with Gasteiger partial charge in [-0.05, 0) is 31.2 Å². The number of nitrogens with zero attached hydrogens (tertiary/aromatic N) is 2. The van der Waals surface area contributed by atoms with Crippen LogP contribution >= 0.6 is 0 Å². The molecule has 3 rings (SSSR count). The van der Waals surface area contributed by atoms with E-state index in [0.29, 0.717) is 5.84 Å². The standard InChI is InChI=1S/C18H20N2O2S/c1-14-9-11-16(12-10-14)23(21,22)19-17-18(2,3)13-20(17)15-7-5-4-6-8-15/h4-12H,13H2,1-3H3/b19-17+. The average molecular weight is 328 g/mol. The molecule has 0 N–H and O–H groups in total. The molecule has 0 aromatic heterocycles. The van der Waals surface area contributed by atoms with Gasteiger partial charge in [0, 0.05) is 17.6 Å². The van der Waals surface area contributed by atoms with Crippen molar-refractivity contribution in [3.05, 3.63) is 60.2 Å². The number of aryl methyl sites for hydroxylation is 1. The molecule has 0 atom stereocenters. The highest BCUT2D eigenvalue weighted by Gasteiger charge is 2.43.